The van der Waals surface area contributed by atoms with Gasteiger partial charge in [0.2, 0.25) is 0 Å². The number of para-hydroxylation sites is 1. The molecule has 4 nitrogen and oxygen atoms in total. The van der Waals surface area contributed by atoms with E-state index in [1.807, 2.05) is 31.2 Å². The lowest BCUT2D eigenvalue weighted by Crippen LogP contribution is -2.29. The van der Waals surface area contributed by atoms with Gasteiger partial charge in [-0.25, -0.2) is 0 Å². The maximum atomic E-state index is 12.8. The van der Waals surface area contributed by atoms with Gasteiger partial charge in [-0.15, -0.1) is 6.58 Å². The van der Waals surface area contributed by atoms with Crippen LogP contribution in [-0.2, 0) is 9.59 Å². The topological polar surface area (TPSA) is 40.6 Å². The lowest BCUT2D eigenvalue weighted by Gasteiger charge is -2.14. The smallest absolute Gasteiger partial charge is 0.266 e. The van der Waals surface area contributed by atoms with Crippen LogP contribution in [0, 0.1) is 0 Å². The molecular weight excluding hydrogens is 316 g/mol. The highest BCUT2D eigenvalue weighted by atomic mass is 32.2. The minimum absolute atomic E-state index is 0.169. The number of carbonyl (C=O) groups excluding carboxylic acids is 2. The van der Waals surface area contributed by atoms with Crippen molar-refractivity contribution in [1.82, 2.24) is 4.90 Å². The number of fused-ring (bicyclic) bond motifs is 1. The van der Waals surface area contributed by atoms with Crippen molar-refractivity contribution in [3.63, 3.8) is 0 Å². The van der Waals surface area contributed by atoms with Gasteiger partial charge in [0.05, 0.1) is 16.2 Å². The van der Waals surface area contributed by atoms with Crippen molar-refractivity contribution in [2.24, 2.45) is 0 Å². The third-order valence-electron chi connectivity index (χ3n) is 3.63. The summed E-state index contributed by atoms with van der Waals surface area (Å²) < 4.78 is 0.502. The number of amides is 2. The van der Waals surface area contributed by atoms with Crippen LogP contribution in [0.2, 0.25) is 0 Å². The molecule has 1 saturated heterocycles. The Morgan fingerprint density at radius 2 is 1.95 bits per heavy atom. The molecule has 0 N–H and O–H groups in total. The molecule has 0 radical (unpaired) electrons. The predicted octanol–water partition coefficient (Wildman–Crippen LogP) is 2.81. The Hall–Kier alpha value is -1.92. The molecule has 2 amide bonds. The fourth-order valence-electron chi connectivity index (χ4n) is 2.63. The van der Waals surface area contributed by atoms with E-state index in [-0.39, 0.29) is 11.8 Å². The van der Waals surface area contributed by atoms with E-state index in [9.17, 15) is 9.59 Å². The third-order valence-corrected chi connectivity index (χ3v) is 5.08. The molecule has 2 aliphatic heterocycles. The molecule has 3 rings (SSSR count). The summed E-state index contributed by atoms with van der Waals surface area (Å²) in [6, 6.07) is 7.49. The predicted molar refractivity (Wildman–Crippen MR) is 93.5 cm³/mol. The Kier molecular flexibility index (Phi) is 3.88. The van der Waals surface area contributed by atoms with Gasteiger partial charge in [-0.2, -0.15) is 0 Å². The highest BCUT2D eigenvalue weighted by Gasteiger charge is 2.41. The first-order chi connectivity index (χ1) is 10.6. The molecule has 0 unspecified atom stereocenters. The number of nitrogens with zero attached hydrogens (tertiary/aromatic N) is 2. The van der Waals surface area contributed by atoms with E-state index in [2.05, 4.69) is 6.58 Å². The molecule has 1 fully saturated rings. The normalized spacial score (nSPS) is 20.9. The number of hydrogen-bond donors (Lipinski definition) is 0. The number of rotatable bonds is 3. The zero-order valence-corrected chi connectivity index (χ0v) is 13.7. The molecule has 0 bridgehead atoms. The number of anilines is 1. The van der Waals surface area contributed by atoms with Crippen molar-refractivity contribution < 1.29 is 9.59 Å². The van der Waals surface area contributed by atoms with Gasteiger partial charge >= 0.3 is 0 Å². The minimum Gasteiger partial charge on any atom is -0.304 e. The number of hydrogen-bond acceptors (Lipinski definition) is 4. The molecule has 112 valence electrons. The van der Waals surface area contributed by atoms with Crippen LogP contribution >= 0.6 is 24.0 Å². The standard InChI is InChI=1S/C16H14N2O2S2/c1-3-9-18-11-8-6-5-7-10(11)12(14(18)19)13-15(20)17(4-2)16(21)22-13/h3,5-8H,1,4,9H2,2H3/b13-12+. The van der Waals surface area contributed by atoms with Crippen LogP contribution in [0.1, 0.15) is 12.5 Å². The van der Waals surface area contributed by atoms with Crippen LogP contribution in [0.4, 0.5) is 5.69 Å². The largest absolute Gasteiger partial charge is 0.304 e. The quantitative estimate of drug-likeness (QED) is 0.485. The molecule has 22 heavy (non-hydrogen) atoms. The highest BCUT2D eigenvalue weighted by Crippen LogP contribution is 2.44. The zero-order valence-electron chi connectivity index (χ0n) is 12.0. The van der Waals surface area contributed by atoms with Gasteiger partial charge in [0.1, 0.15) is 4.32 Å². The molecule has 0 saturated carbocycles. The number of carbonyl (C=O) groups is 2. The van der Waals surface area contributed by atoms with Crippen LogP contribution in [0.25, 0.3) is 5.57 Å². The second kappa shape index (κ2) is 5.70. The molecule has 2 heterocycles. The van der Waals surface area contributed by atoms with Crippen molar-refractivity contribution in [3.8, 4) is 0 Å². The number of thiocarbonyl (C=S) groups is 1. The summed E-state index contributed by atoms with van der Waals surface area (Å²) in [5.74, 6) is -0.353. The van der Waals surface area contributed by atoms with E-state index in [0.29, 0.717) is 27.9 Å². The summed E-state index contributed by atoms with van der Waals surface area (Å²) in [7, 11) is 0. The third kappa shape index (κ3) is 2.10. The van der Waals surface area contributed by atoms with E-state index in [1.165, 1.54) is 16.7 Å². The Labute approximate surface area is 138 Å². The molecule has 0 aromatic heterocycles. The molecule has 0 aliphatic carbocycles. The van der Waals surface area contributed by atoms with Crippen LogP contribution in [-0.4, -0.2) is 34.1 Å². The van der Waals surface area contributed by atoms with E-state index in [1.54, 1.807) is 11.0 Å². The first-order valence-electron chi connectivity index (χ1n) is 6.90. The van der Waals surface area contributed by atoms with Gasteiger partial charge in [-0.1, -0.05) is 48.3 Å². The Balaban J connectivity index is 2.18. The number of thioether (sulfide) groups is 1. The first kappa shape index (κ1) is 15.0. The van der Waals surface area contributed by atoms with E-state index < -0.39 is 0 Å². The average molecular weight is 330 g/mol. The van der Waals surface area contributed by atoms with Crippen LogP contribution in [0.5, 0.6) is 0 Å². The molecule has 1 aromatic carbocycles. The molecule has 0 atom stereocenters. The highest BCUT2D eigenvalue weighted by molar-refractivity contribution is 8.26. The zero-order chi connectivity index (χ0) is 15.9. The fourth-order valence-corrected chi connectivity index (χ4v) is 4.09. The lowest BCUT2D eigenvalue weighted by atomic mass is 10.1. The summed E-state index contributed by atoms with van der Waals surface area (Å²) in [4.78, 5) is 28.9. The van der Waals surface area contributed by atoms with E-state index in [0.717, 1.165) is 11.3 Å². The molecule has 1 aromatic rings. The van der Waals surface area contributed by atoms with Crippen molar-refractivity contribution in [3.05, 3.63) is 47.4 Å². The number of benzene rings is 1. The molecule has 6 heteroatoms. The SMILES string of the molecule is C=CCN1C(=O)/C(=C2/SC(=S)N(CC)C2=O)c2ccccc21. The maximum Gasteiger partial charge on any atom is 0.266 e. The summed E-state index contributed by atoms with van der Waals surface area (Å²) in [6.07, 6.45) is 1.68. The van der Waals surface area contributed by atoms with Crippen molar-refractivity contribution in [2.45, 2.75) is 6.92 Å². The second-order valence-corrected chi connectivity index (χ2v) is 6.49. The van der Waals surface area contributed by atoms with Gasteiger partial charge in [-0.3, -0.25) is 14.5 Å². The van der Waals surface area contributed by atoms with Crippen molar-refractivity contribution in [1.29, 1.82) is 0 Å². The van der Waals surface area contributed by atoms with Crippen molar-refractivity contribution in [2.75, 3.05) is 18.0 Å². The van der Waals surface area contributed by atoms with E-state index >= 15 is 0 Å². The van der Waals surface area contributed by atoms with Crippen LogP contribution < -0.4 is 4.90 Å². The number of likely N-dealkylation sites (N-methyl/N-ethyl adjacent to an activating group) is 1. The van der Waals surface area contributed by atoms with Gasteiger partial charge < -0.3 is 4.90 Å². The Morgan fingerprint density at radius 1 is 1.23 bits per heavy atom. The van der Waals surface area contributed by atoms with Crippen molar-refractivity contribution >= 4 is 51.4 Å². The lowest BCUT2D eigenvalue weighted by molar-refractivity contribution is -0.122. The van der Waals surface area contributed by atoms with Crippen LogP contribution in [0.3, 0.4) is 0 Å². The van der Waals surface area contributed by atoms with Gasteiger partial charge in [0.15, 0.2) is 0 Å². The summed E-state index contributed by atoms with van der Waals surface area (Å²) in [6.45, 7) is 6.48. The monoisotopic (exact) mass is 330 g/mol. The minimum atomic E-state index is -0.184. The summed E-state index contributed by atoms with van der Waals surface area (Å²) >= 11 is 6.45. The Morgan fingerprint density at radius 3 is 2.59 bits per heavy atom. The molecular formula is C16H14N2O2S2. The summed E-state index contributed by atoms with van der Waals surface area (Å²) in [5, 5.41) is 0. The van der Waals surface area contributed by atoms with Gasteiger partial charge in [-0.05, 0) is 13.0 Å². The average Bonchev–Trinajstić information content (AvgIpc) is 2.94. The van der Waals surface area contributed by atoms with Crippen LogP contribution in [0.15, 0.2) is 41.8 Å². The summed E-state index contributed by atoms with van der Waals surface area (Å²) in [5.41, 5.74) is 2.04. The van der Waals surface area contributed by atoms with Gasteiger partial charge in [0.25, 0.3) is 11.8 Å². The maximum absolute atomic E-state index is 12.8. The van der Waals surface area contributed by atoms with Gasteiger partial charge in [0, 0.05) is 18.7 Å². The first-order valence-corrected chi connectivity index (χ1v) is 8.12. The Bertz CT molecular complexity index is 739. The second-order valence-electron chi connectivity index (χ2n) is 4.84. The molecule has 2 aliphatic rings. The molecule has 0 spiro atoms. The van der Waals surface area contributed by atoms with E-state index in [4.69, 9.17) is 12.2 Å². The fraction of sp³-hybridized carbons (Fsp3) is 0.188.